The van der Waals surface area contributed by atoms with E-state index < -0.39 is 0 Å². The Kier molecular flexibility index (Phi) is 20.4. The van der Waals surface area contributed by atoms with Crippen molar-refractivity contribution in [1.29, 1.82) is 0 Å². The molecule has 1 aromatic carbocycles. The summed E-state index contributed by atoms with van der Waals surface area (Å²) in [6.45, 7) is 12.9. The van der Waals surface area contributed by atoms with Crippen molar-refractivity contribution < 1.29 is 4.48 Å². The molecule has 0 fully saturated rings. The highest BCUT2D eigenvalue weighted by Crippen LogP contribution is 2.19. The summed E-state index contributed by atoms with van der Waals surface area (Å²) < 4.78 is 1.18. The highest BCUT2D eigenvalue weighted by atomic mass is 15.3. The van der Waals surface area contributed by atoms with Crippen LogP contribution in [0.4, 0.5) is 0 Å². The van der Waals surface area contributed by atoms with Crippen molar-refractivity contribution in [3.63, 3.8) is 0 Å². The lowest BCUT2D eigenvalue weighted by Crippen LogP contribution is -2.45. The molecule has 0 atom stereocenters. The van der Waals surface area contributed by atoms with E-state index in [1.165, 1.54) is 158 Å². The van der Waals surface area contributed by atoms with Gasteiger partial charge < -0.3 is 0 Å². The molecule has 0 aliphatic heterocycles. The first-order valence-electron chi connectivity index (χ1n) is 15.3. The lowest BCUT2D eigenvalue weighted by molar-refractivity contribution is -0.880. The molecule has 1 heteroatoms. The van der Waals surface area contributed by atoms with Crippen molar-refractivity contribution in [1.82, 2.24) is 0 Å². The Labute approximate surface area is 215 Å². The maximum absolute atomic E-state index is 4.34. The number of benzene rings is 1. The number of rotatable bonds is 25. The third-order valence-electron chi connectivity index (χ3n) is 7.71. The van der Waals surface area contributed by atoms with Crippen LogP contribution in [0.15, 0.2) is 43.1 Å². The van der Waals surface area contributed by atoms with Gasteiger partial charge in [-0.15, -0.1) is 0 Å². The normalized spacial score (nSPS) is 11.7. The molecule has 0 spiro atoms. The van der Waals surface area contributed by atoms with Crippen molar-refractivity contribution in [2.75, 3.05) is 19.6 Å². The Bertz CT molecular complexity index is 533. The van der Waals surface area contributed by atoms with Gasteiger partial charge in [-0.1, -0.05) is 121 Å². The average Bonchev–Trinajstić information content (AvgIpc) is 2.87. The zero-order valence-electron chi connectivity index (χ0n) is 23.4. The van der Waals surface area contributed by atoms with Crippen LogP contribution in [-0.2, 0) is 6.42 Å². The SMILES string of the molecule is C=C[N+](CCCCCCCC)(CCCCCCCC)CCCCCCCCCc1ccccc1. The minimum atomic E-state index is 1.18. The van der Waals surface area contributed by atoms with E-state index in [9.17, 15) is 0 Å². The van der Waals surface area contributed by atoms with E-state index in [-0.39, 0.29) is 0 Å². The molecular formula is C33H60N+. The fourth-order valence-corrected chi connectivity index (χ4v) is 5.31. The van der Waals surface area contributed by atoms with Crippen molar-refractivity contribution in [2.24, 2.45) is 0 Å². The van der Waals surface area contributed by atoms with E-state index in [1.54, 1.807) is 0 Å². The molecular weight excluding hydrogens is 410 g/mol. The standard InChI is InChI=1S/C33H60N/c1-4-7-9-11-17-24-30-34(6-3,31-25-18-12-10-8-5-2)32-26-19-15-13-14-16-21-27-33-28-22-20-23-29-33/h6,20,22-23,28-29H,3-5,7-19,21,24-27,30-32H2,1-2H3/q+1. The van der Waals surface area contributed by atoms with E-state index in [4.69, 9.17) is 0 Å². The molecule has 0 aliphatic rings. The van der Waals surface area contributed by atoms with E-state index in [0.717, 1.165) is 0 Å². The fourth-order valence-electron chi connectivity index (χ4n) is 5.31. The average molecular weight is 471 g/mol. The van der Waals surface area contributed by atoms with Crippen LogP contribution in [0.25, 0.3) is 0 Å². The largest absolute Gasteiger partial charge is 0.298 e. The Morgan fingerprint density at radius 2 is 0.912 bits per heavy atom. The van der Waals surface area contributed by atoms with E-state index in [2.05, 4.69) is 57.0 Å². The summed E-state index contributed by atoms with van der Waals surface area (Å²) in [4.78, 5) is 0. The Morgan fingerprint density at radius 1 is 0.529 bits per heavy atom. The summed E-state index contributed by atoms with van der Waals surface area (Å²) in [7, 11) is 0. The van der Waals surface area contributed by atoms with Gasteiger partial charge in [0.1, 0.15) is 0 Å². The van der Waals surface area contributed by atoms with Crippen LogP contribution in [-0.4, -0.2) is 24.1 Å². The lowest BCUT2D eigenvalue weighted by Gasteiger charge is -2.35. The zero-order chi connectivity index (χ0) is 24.6. The molecule has 0 amide bonds. The summed E-state index contributed by atoms with van der Waals surface area (Å²) in [5.74, 6) is 0. The highest BCUT2D eigenvalue weighted by Gasteiger charge is 2.22. The van der Waals surface area contributed by atoms with Gasteiger partial charge in [0.05, 0.1) is 25.8 Å². The number of quaternary nitrogens is 1. The van der Waals surface area contributed by atoms with Gasteiger partial charge in [0, 0.05) is 0 Å². The monoisotopic (exact) mass is 470 g/mol. The second-order valence-electron chi connectivity index (χ2n) is 10.8. The van der Waals surface area contributed by atoms with Gasteiger partial charge in [-0.25, -0.2) is 0 Å². The predicted octanol–water partition coefficient (Wildman–Crippen LogP) is 10.6. The molecule has 0 aromatic heterocycles. The summed E-state index contributed by atoms with van der Waals surface area (Å²) in [6, 6.07) is 11.0. The van der Waals surface area contributed by atoms with Gasteiger partial charge in [0.15, 0.2) is 0 Å². The smallest absolute Gasteiger partial charge is 0.0885 e. The van der Waals surface area contributed by atoms with Crippen LogP contribution in [0.1, 0.15) is 141 Å². The van der Waals surface area contributed by atoms with E-state index in [1.807, 2.05) is 0 Å². The van der Waals surface area contributed by atoms with E-state index >= 15 is 0 Å². The number of unbranched alkanes of at least 4 members (excludes halogenated alkanes) is 16. The molecule has 0 heterocycles. The van der Waals surface area contributed by atoms with Crippen LogP contribution in [0.3, 0.4) is 0 Å². The Morgan fingerprint density at radius 3 is 1.32 bits per heavy atom. The first-order valence-corrected chi connectivity index (χ1v) is 15.3. The van der Waals surface area contributed by atoms with Crippen LogP contribution in [0.5, 0.6) is 0 Å². The van der Waals surface area contributed by atoms with Crippen LogP contribution in [0, 0.1) is 0 Å². The zero-order valence-corrected chi connectivity index (χ0v) is 23.4. The van der Waals surface area contributed by atoms with Crippen LogP contribution in [0.2, 0.25) is 0 Å². The molecule has 1 nitrogen and oxygen atoms in total. The molecule has 0 N–H and O–H groups in total. The summed E-state index contributed by atoms with van der Waals surface area (Å²) in [5, 5.41) is 0. The number of hydrogen-bond acceptors (Lipinski definition) is 0. The lowest BCUT2D eigenvalue weighted by atomic mass is 10.0. The summed E-state index contributed by atoms with van der Waals surface area (Å²) >= 11 is 0. The van der Waals surface area contributed by atoms with E-state index in [0.29, 0.717) is 0 Å². The first kappa shape index (κ1) is 31.0. The molecule has 1 aromatic rings. The summed E-state index contributed by atoms with van der Waals surface area (Å²) in [6.07, 6.45) is 30.1. The van der Waals surface area contributed by atoms with Gasteiger partial charge in [-0.05, 0) is 63.5 Å². The van der Waals surface area contributed by atoms with Crippen molar-refractivity contribution in [3.05, 3.63) is 48.7 Å². The number of hydrogen-bond donors (Lipinski definition) is 0. The second-order valence-corrected chi connectivity index (χ2v) is 10.8. The number of nitrogens with zero attached hydrogens (tertiary/aromatic N) is 1. The minimum absolute atomic E-state index is 1.18. The van der Waals surface area contributed by atoms with Gasteiger partial charge in [0.25, 0.3) is 0 Å². The van der Waals surface area contributed by atoms with Gasteiger partial charge in [0.2, 0.25) is 0 Å². The first-order chi connectivity index (χ1) is 16.8. The quantitative estimate of drug-likeness (QED) is 0.0984. The summed E-state index contributed by atoms with van der Waals surface area (Å²) in [5.41, 5.74) is 1.50. The fraction of sp³-hybridized carbons (Fsp3) is 0.758. The molecule has 0 saturated heterocycles. The van der Waals surface area contributed by atoms with Crippen molar-refractivity contribution in [3.8, 4) is 0 Å². The molecule has 0 unspecified atom stereocenters. The molecule has 0 radical (unpaired) electrons. The molecule has 0 aliphatic carbocycles. The van der Waals surface area contributed by atoms with Crippen LogP contribution >= 0.6 is 0 Å². The Balaban J connectivity index is 2.24. The maximum Gasteiger partial charge on any atom is 0.0885 e. The Hall–Kier alpha value is -1.08. The number of aryl methyl sites for hydroxylation is 1. The minimum Gasteiger partial charge on any atom is -0.298 e. The topological polar surface area (TPSA) is 0 Å². The molecule has 0 saturated carbocycles. The van der Waals surface area contributed by atoms with Crippen molar-refractivity contribution >= 4 is 0 Å². The molecule has 0 bridgehead atoms. The second kappa shape index (κ2) is 22.4. The van der Waals surface area contributed by atoms with Crippen LogP contribution < -0.4 is 0 Å². The highest BCUT2D eigenvalue weighted by molar-refractivity contribution is 5.14. The predicted molar refractivity (Wildman–Crippen MR) is 154 cm³/mol. The molecule has 34 heavy (non-hydrogen) atoms. The van der Waals surface area contributed by atoms with Gasteiger partial charge in [-0.2, -0.15) is 0 Å². The molecule has 1 rings (SSSR count). The third-order valence-corrected chi connectivity index (χ3v) is 7.71. The maximum atomic E-state index is 4.34. The third kappa shape index (κ3) is 16.5. The molecule has 196 valence electrons. The van der Waals surface area contributed by atoms with Gasteiger partial charge >= 0.3 is 0 Å². The van der Waals surface area contributed by atoms with Gasteiger partial charge in [-0.3, -0.25) is 4.48 Å². The van der Waals surface area contributed by atoms with Crippen molar-refractivity contribution in [2.45, 2.75) is 142 Å².